The van der Waals surface area contributed by atoms with Gasteiger partial charge in [-0.2, -0.15) is 0 Å². The average molecular weight is 1430 g/mol. The van der Waals surface area contributed by atoms with Gasteiger partial charge in [-0.15, -0.1) is 0 Å². The van der Waals surface area contributed by atoms with E-state index >= 15 is 0 Å². The monoisotopic (exact) mass is 1430 g/mol. The summed E-state index contributed by atoms with van der Waals surface area (Å²) >= 11 is 0. The van der Waals surface area contributed by atoms with Crippen LogP contribution in [0.4, 0.5) is 34.1 Å². The Hall–Kier alpha value is -12.2. The number of aromatic nitrogens is 1. The van der Waals surface area contributed by atoms with Crippen molar-refractivity contribution in [3.63, 3.8) is 0 Å². The number of hydrogen-bond donors (Lipinski definition) is 0. The molecule has 0 amide bonds. The second kappa shape index (κ2) is 24.9. The summed E-state index contributed by atoms with van der Waals surface area (Å²) in [6, 6.07) is 127. The predicted molar refractivity (Wildman–Crippen MR) is 473 cm³/mol. The molecular weight excluding hydrogens is 1340 g/mol. The molecule has 3 heterocycles. The van der Waals surface area contributed by atoms with E-state index in [9.17, 15) is 0 Å². The molecule has 20 rings (SSSR count). The Balaban J connectivity index is 0.960. The maximum absolute atomic E-state index is 2.73. The van der Waals surface area contributed by atoms with Gasteiger partial charge >= 0.3 is 0 Å². The molecule has 4 aliphatic rings. The molecule has 0 saturated heterocycles. The fourth-order valence-electron chi connectivity index (χ4n) is 19.3. The lowest BCUT2D eigenvalue weighted by molar-refractivity contribution is 0.590. The fourth-order valence-corrected chi connectivity index (χ4v) is 19.3. The second-order valence-electron chi connectivity index (χ2n) is 35.6. The Labute approximate surface area is 654 Å². The van der Waals surface area contributed by atoms with Crippen LogP contribution in [0.5, 0.6) is 0 Å². The first-order chi connectivity index (χ1) is 53.6. The molecule has 0 fully saturated rings. The van der Waals surface area contributed by atoms with Crippen LogP contribution < -0.4 is 26.2 Å². The molecule has 0 unspecified atom stereocenters. The van der Waals surface area contributed by atoms with Gasteiger partial charge in [-0.25, -0.2) is 0 Å². The van der Waals surface area contributed by atoms with E-state index in [4.69, 9.17) is 0 Å². The molecule has 2 aliphatic heterocycles. The Morgan fingerprint density at radius 2 is 0.667 bits per heavy atom. The molecule has 4 heteroatoms. The van der Waals surface area contributed by atoms with E-state index in [1.54, 1.807) is 0 Å². The van der Waals surface area contributed by atoms with E-state index < -0.39 is 5.41 Å². The van der Waals surface area contributed by atoms with Gasteiger partial charge in [-0.05, 0) is 204 Å². The van der Waals surface area contributed by atoms with Crippen LogP contribution in [0.15, 0.2) is 328 Å². The number of hydrogen-bond acceptors (Lipinski definition) is 2. The van der Waals surface area contributed by atoms with Gasteiger partial charge in [0.25, 0.3) is 6.71 Å². The highest BCUT2D eigenvalue weighted by Gasteiger charge is 2.53. The zero-order chi connectivity index (χ0) is 75.8. The minimum absolute atomic E-state index is 0.0130. The molecule has 0 N–H and O–H groups in total. The quantitative estimate of drug-likeness (QED) is 0.141. The Morgan fingerprint density at radius 1 is 0.252 bits per heavy atom. The SMILES string of the molecule is CC(C)(C)c1ccc(-c2ccc3c(c2)B2c4ccc(-c5cccc6c5C5(c7ccccc7-c7ccccc75)c5ccccc5-6)cc4N(c4ccc(C(C)(C)C)cc4-c4ccccc4)c4cc(-n5c6ccc(C(C)(C)C)cc6c6cc(C(C)(C)C)ccc65)cc(c42)N3c2c(-c3ccccc3)cccc2-c2ccccc2)cc1. The Kier molecular flexibility index (Phi) is 15.3. The van der Waals surface area contributed by atoms with Crippen molar-refractivity contribution in [1.29, 1.82) is 0 Å². The lowest BCUT2D eigenvalue weighted by atomic mass is 9.33. The summed E-state index contributed by atoms with van der Waals surface area (Å²) in [5, 5.41) is 2.50. The number of rotatable bonds is 8. The highest BCUT2D eigenvalue weighted by molar-refractivity contribution is 7.00. The van der Waals surface area contributed by atoms with Crippen LogP contribution in [-0.2, 0) is 27.1 Å². The third-order valence-electron chi connectivity index (χ3n) is 24.8. The van der Waals surface area contributed by atoms with Crippen LogP contribution in [0.2, 0.25) is 0 Å². The van der Waals surface area contributed by atoms with Crippen molar-refractivity contribution in [2.24, 2.45) is 0 Å². The molecule has 2 aliphatic carbocycles. The minimum atomic E-state index is -0.587. The van der Waals surface area contributed by atoms with Crippen molar-refractivity contribution < 1.29 is 0 Å². The van der Waals surface area contributed by atoms with E-state index in [0.29, 0.717) is 0 Å². The van der Waals surface area contributed by atoms with E-state index in [0.717, 1.165) is 67.6 Å². The summed E-state index contributed by atoms with van der Waals surface area (Å²) in [7, 11) is 0. The zero-order valence-electron chi connectivity index (χ0n) is 65.6. The highest BCUT2D eigenvalue weighted by Crippen LogP contribution is 2.65. The van der Waals surface area contributed by atoms with Gasteiger partial charge in [0.1, 0.15) is 0 Å². The molecule has 0 bridgehead atoms. The van der Waals surface area contributed by atoms with Crippen molar-refractivity contribution in [3.8, 4) is 83.6 Å². The molecule has 1 spiro atoms. The molecule has 15 aromatic carbocycles. The summed E-state index contributed by atoms with van der Waals surface area (Å²) in [5.74, 6) is 0. The van der Waals surface area contributed by atoms with Crippen LogP contribution in [0.25, 0.3) is 105 Å². The predicted octanol–water partition coefficient (Wildman–Crippen LogP) is 26.7. The average Bonchev–Trinajstić information content (AvgIpc) is 1.55. The summed E-state index contributed by atoms with van der Waals surface area (Å²) in [6.07, 6.45) is 0. The van der Waals surface area contributed by atoms with Crippen LogP contribution in [0, 0.1) is 0 Å². The Bertz CT molecular complexity index is 6290. The molecular formula is C107H90BN3. The standard InChI is InChI=1S/C107H90BN3/c1-103(2,3)73-50-46-67(47-51-73)71-49-56-96-92(60-71)108-91-55-48-72(78-39-28-42-84-83-38-24-27-45-90(83)107(100(78)84)88-43-25-22-36-81(88)82-37-23-26-44-89(82)107)61-97(91)110(93-57-52-74(104(4,5)6)62-85(93)70-34-20-15-21-35-70)98-65-77(109-94-58-53-75(105(7,8)9)63-86(94)87-64-76(106(10,11)12)54-59-95(87)109)66-99(101(98)108)111(96)102-79(68-30-16-13-17-31-68)40-29-41-80(102)69-32-18-14-19-33-69/h13-66H,1-12H3. The van der Waals surface area contributed by atoms with Gasteiger partial charge in [0.15, 0.2) is 0 Å². The molecule has 1 aromatic heterocycles. The number of fused-ring (bicyclic) bond motifs is 17. The van der Waals surface area contributed by atoms with E-state index in [2.05, 4.69) is 425 Å². The first-order valence-corrected chi connectivity index (χ1v) is 39.7. The molecule has 536 valence electrons. The molecule has 3 nitrogen and oxygen atoms in total. The minimum Gasteiger partial charge on any atom is -0.311 e. The molecule has 16 aromatic rings. The van der Waals surface area contributed by atoms with Gasteiger partial charge in [-0.1, -0.05) is 350 Å². The summed E-state index contributed by atoms with van der Waals surface area (Å²) in [5.41, 5.74) is 40.3. The van der Waals surface area contributed by atoms with Gasteiger partial charge < -0.3 is 14.4 Å². The number of benzene rings is 15. The third kappa shape index (κ3) is 10.5. The highest BCUT2D eigenvalue weighted by atomic mass is 15.2. The zero-order valence-corrected chi connectivity index (χ0v) is 65.6. The fraction of sp³-hybridized carbons (Fsp3) is 0.159. The van der Waals surface area contributed by atoms with Crippen LogP contribution in [-0.4, -0.2) is 11.3 Å². The number of nitrogens with zero attached hydrogens (tertiary/aromatic N) is 3. The summed E-state index contributed by atoms with van der Waals surface area (Å²) in [6.45, 7) is 27.8. The van der Waals surface area contributed by atoms with Crippen molar-refractivity contribution in [3.05, 3.63) is 372 Å². The smallest absolute Gasteiger partial charge is 0.252 e. The van der Waals surface area contributed by atoms with Gasteiger partial charge in [0.2, 0.25) is 0 Å². The molecule has 0 atom stereocenters. The molecule has 0 saturated carbocycles. The third-order valence-corrected chi connectivity index (χ3v) is 24.8. The molecule has 111 heavy (non-hydrogen) atoms. The number of anilines is 6. The lowest BCUT2D eigenvalue weighted by Gasteiger charge is -2.46. The normalized spacial score (nSPS) is 13.8. The van der Waals surface area contributed by atoms with E-state index in [1.807, 2.05) is 0 Å². The van der Waals surface area contributed by atoms with Crippen molar-refractivity contribution in [1.82, 2.24) is 4.57 Å². The van der Waals surface area contributed by atoms with Crippen LogP contribution >= 0.6 is 0 Å². The van der Waals surface area contributed by atoms with Gasteiger partial charge in [-0.3, -0.25) is 0 Å². The second-order valence-corrected chi connectivity index (χ2v) is 35.6. The Morgan fingerprint density at radius 3 is 1.20 bits per heavy atom. The van der Waals surface area contributed by atoms with E-state index in [1.165, 1.54) is 133 Å². The van der Waals surface area contributed by atoms with Crippen molar-refractivity contribution in [2.75, 3.05) is 9.80 Å². The maximum Gasteiger partial charge on any atom is 0.252 e. The van der Waals surface area contributed by atoms with Crippen molar-refractivity contribution in [2.45, 2.75) is 110 Å². The van der Waals surface area contributed by atoms with Gasteiger partial charge in [0, 0.05) is 50.2 Å². The van der Waals surface area contributed by atoms with Crippen LogP contribution in [0.1, 0.15) is 128 Å². The largest absolute Gasteiger partial charge is 0.311 e. The number of para-hydroxylation sites is 1. The van der Waals surface area contributed by atoms with Crippen LogP contribution in [0.3, 0.4) is 0 Å². The first-order valence-electron chi connectivity index (χ1n) is 39.7. The molecule has 0 radical (unpaired) electrons. The maximum atomic E-state index is 2.73. The summed E-state index contributed by atoms with van der Waals surface area (Å²) < 4.78 is 2.61. The topological polar surface area (TPSA) is 11.4 Å². The lowest BCUT2D eigenvalue weighted by Crippen LogP contribution is -2.61. The summed E-state index contributed by atoms with van der Waals surface area (Å²) in [4.78, 5) is 5.43. The first kappa shape index (κ1) is 68.1. The van der Waals surface area contributed by atoms with Crippen molar-refractivity contribution >= 4 is 79.0 Å². The van der Waals surface area contributed by atoms with E-state index in [-0.39, 0.29) is 28.4 Å². The van der Waals surface area contributed by atoms with Gasteiger partial charge in [0.05, 0.1) is 33.5 Å².